The average Bonchev–Trinajstić information content (AvgIpc) is 3.06. The third kappa shape index (κ3) is 6.98. The summed E-state index contributed by atoms with van der Waals surface area (Å²) in [5, 5.41) is 11.5. The molecule has 0 unspecified atom stereocenters. The zero-order chi connectivity index (χ0) is 20.7. The van der Waals surface area contributed by atoms with Crippen LogP contribution in [0.25, 0.3) is 0 Å². The van der Waals surface area contributed by atoms with Crippen LogP contribution in [0, 0.1) is 0 Å². The summed E-state index contributed by atoms with van der Waals surface area (Å²) in [6.07, 6.45) is 0.857. The number of benzene rings is 1. The Balaban J connectivity index is 1.70. The molecule has 2 aromatic rings. The number of amides is 1. The molecule has 29 heavy (non-hydrogen) atoms. The van der Waals surface area contributed by atoms with Gasteiger partial charge in [-0.25, -0.2) is 4.99 Å². The number of anilines is 1. The molecule has 156 valence electrons. The van der Waals surface area contributed by atoms with Crippen LogP contribution >= 0.6 is 11.3 Å². The summed E-state index contributed by atoms with van der Waals surface area (Å²) >= 11 is 1.66. The smallest absolute Gasteiger partial charge is 0.242 e. The van der Waals surface area contributed by atoms with Crippen LogP contribution in [0.4, 0.5) is 5.69 Å². The van der Waals surface area contributed by atoms with Crippen LogP contribution in [-0.2, 0) is 11.3 Å². The lowest BCUT2D eigenvalue weighted by Crippen LogP contribution is -2.42. The molecule has 7 nitrogen and oxygen atoms in total. The van der Waals surface area contributed by atoms with E-state index in [9.17, 15) is 4.79 Å². The molecule has 2 heterocycles. The molecule has 0 bridgehead atoms. The van der Waals surface area contributed by atoms with Crippen molar-refractivity contribution in [1.29, 1.82) is 0 Å². The third-order valence-corrected chi connectivity index (χ3v) is 4.79. The summed E-state index contributed by atoms with van der Waals surface area (Å²) in [4.78, 5) is 17.8. The van der Waals surface area contributed by atoms with E-state index in [2.05, 4.69) is 27.0 Å². The van der Waals surface area contributed by atoms with Crippen molar-refractivity contribution >= 4 is 28.9 Å². The van der Waals surface area contributed by atoms with Crippen molar-refractivity contribution in [3.8, 4) is 11.5 Å². The molecule has 1 aromatic carbocycles. The summed E-state index contributed by atoms with van der Waals surface area (Å²) in [6.45, 7) is 7.76. The van der Waals surface area contributed by atoms with Gasteiger partial charge in [-0.15, -0.1) is 11.3 Å². The Morgan fingerprint density at radius 3 is 2.69 bits per heavy atom. The zero-order valence-corrected chi connectivity index (χ0v) is 17.9. The number of carbonyl (C=O) groups excluding carboxylic acids is 1. The van der Waals surface area contributed by atoms with Crippen LogP contribution in [0.2, 0.25) is 0 Å². The first-order valence-corrected chi connectivity index (χ1v) is 10.6. The Kier molecular flexibility index (Phi) is 6.98. The van der Waals surface area contributed by atoms with Gasteiger partial charge in [-0.3, -0.25) is 4.79 Å². The molecule has 0 saturated carbocycles. The van der Waals surface area contributed by atoms with Gasteiger partial charge in [0.15, 0.2) is 17.5 Å². The van der Waals surface area contributed by atoms with Gasteiger partial charge < -0.3 is 25.4 Å². The van der Waals surface area contributed by atoms with Crippen molar-refractivity contribution in [3.63, 3.8) is 0 Å². The molecule has 0 atom stereocenters. The standard InChI is InChI=1S/C21H28N4O3S/c1-21(2,3)25-19(26)14-23-20(22-13-16-6-4-11-29-16)24-15-7-8-17-18(12-15)28-10-5-9-27-17/h4,6-8,11-12H,5,9-10,13-14H2,1-3H3,(H,25,26)(H2,22,23,24). The van der Waals surface area contributed by atoms with Gasteiger partial charge in [0.1, 0.15) is 6.54 Å². The van der Waals surface area contributed by atoms with E-state index in [0.717, 1.165) is 17.9 Å². The van der Waals surface area contributed by atoms with Crippen LogP contribution in [0.15, 0.2) is 40.7 Å². The number of guanidine groups is 1. The van der Waals surface area contributed by atoms with E-state index in [0.29, 0.717) is 31.5 Å². The topological polar surface area (TPSA) is 84.0 Å². The SMILES string of the molecule is CC(C)(C)NC(=O)CN=C(NCc1cccs1)Nc1ccc2c(c1)OCCCO2. The Morgan fingerprint density at radius 2 is 1.97 bits per heavy atom. The number of thiophene rings is 1. The molecule has 8 heteroatoms. The fourth-order valence-electron chi connectivity index (χ4n) is 2.71. The Morgan fingerprint density at radius 1 is 1.17 bits per heavy atom. The predicted molar refractivity (Wildman–Crippen MR) is 117 cm³/mol. The fraction of sp³-hybridized carbons (Fsp3) is 0.429. The number of rotatable bonds is 5. The van der Waals surface area contributed by atoms with Crippen LogP contribution in [0.3, 0.4) is 0 Å². The maximum absolute atomic E-state index is 12.2. The Bertz CT molecular complexity index is 844. The van der Waals surface area contributed by atoms with E-state index >= 15 is 0 Å². The molecular weight excluding hydrogens is 388 g/mol. The van der Waals surface area contributed by atoms with Gasteiger partial charge in [0.25, 0.3) is 0 Å². The highest BCUT2D eigenvalue weighted by molar-refractivity contribution is 7.09. The minimum Gasteiger partial charge on any atom is -0.490 e. The maximum Gasteiger partial charge on any atom is 0.242 e. The first-order chi connectivity index (χ1) is 13.9. The molecule has 1 aliphatic heterocycles. The first-order valence-electron chi connectivity index (χ1n) is 9.67. The fourth-order valence-corrected chi connectivity index (χ4v) is 3.35. The van der Waals surface area contributed by atoms with Crippen molar-refractivity contribution in [1.82, 2.24) is 10.6 Å². The quantitative estimate of drug-likeness (QED) is 0.514. The van der Waals surface area contributed by atoms with E-state index in [-0.39, 0.29) is 18.0 Å². The number of carbonyl (C=O) groups is 1. The summed E-state index contributed by atoms with van der Waals surface area (Å²) in [5.74, 6) is 1.84. The van der Waals surface area contributed by atoms with E-state index in [1.807, 2.05) is 50.4 Å². The molecule has 0 saturated heterocycles. The number of ether oxygens (including phenoxy) is 2. The minimum atomic E-state index is -0.293. The molecule has 0 fully saturated rings. The van der Waals surface area contributed by atoms with Crippen LogP contribution in [0.5, 0.6) is 11.5 Å². The lowest BCUT2D eigenvalue weighted by atomic mass is 10.1. The van der Waals surface area contributed by atoms with Crippen molar-refractivity contribution < 1.29 is 14.3 Å². The van der Waals surface area contributed by atoms with E-state index in [1.165, 1.54) is 4.88 Å². The normalized spacial score (nSPS) is 14.1. The van der Waals surface area contributed by atoms with Gasteiger partial charge in [0, 0.05) is 28.6 Å². The van der Waals surface area contributed by atoms with Crippen molar-refractivity contribution in [2.75, 3.05) is 25.1 Å². The van der Waals surface area contributed by atoms with Crippen LogP contribution in [-0.4, -0.2) is 37.2 Å². The molecular formula is C21H28N4O3S. The molecule has 0 spiro atoms. The van der Waals surface area contributed by atoms with Gasteiger partial charge in [-0.05, 0) is 44.4 Å². The second-order valence-electron chi connectivity index (χ2n) is 7.73. The second kappa shape index (κ2) is 9.65. The number of fused-ring (bicyclic) bond motifs is 1. The number of nitrogens with zero attached hydrogens (tertiary/aromatic N) is 1. The summed E-state index contributed by atoms with van der Waals surface area (Å²) in [7, 11) is 0. The molecule has 1 aromatic heterocycles. The molecule has 3 rings (SSSR count). The van der Waals surface area contributed by atoms with Gasteiger partial charge in [-0.2, -0.15) is 0 Å². The van der Waals surface area contributed by atoms with E-state index in [1.54, 1.807) is 11.3 Å². The number of hydrogen-bond donors (Lipinski definition) is 3. The highest BCUT2D eigenvalue weighted by atomic mass is 32.1. The first kappa shape index (κ1) is 21.0. The molecule has 0 aliphatic carbocycles. The van der Waals surface area contributed by atoms with Crippen LogP contribution in [0.1, 0.15) is 32.1 Å². The van der Waals surface area contributed by atoms with E-state index < -0.39 is 0 Å². The van der Waals surface area contributed by atoms with Crippen molar-refractivity contribution in [2.45, 2.75) is 39.3 Å². The zero-order valence-electron chi connectivity index (χ0n) is 17.1. The number of aliphatic imine (C=N–C) groups is 1. The van der Waals surface area contributed by atoms with Crippen molar-refractivity contribution in [3.05, 3.63) is 40.6 Å². The van der Waals surface area contributed by atoms with Crippen LogP contribution < -0.4 is 25.4 Å². The summed E-state index contributed by atoms with van der Waals surface area (Å²) in [6, 6.07) is 9.73. The second-order valence-corrected chi connectivity index (χ2v) is 8.77. The van der Waals surface area contributed by atoms with Gasteiger partial charge in [0.05, 0.1) is 19.8 Å². The average molecular weight is 417 g/mol. The summed E-state index contributed by atoms with van der Waals surface area (Å²) < 4.78 is 11.4. The van der Waals surface area contributed by atoms with Gasteiger partial charge in [-0.1, -0.05) is 6.07 Å². The molecule has 0 radical (unpaired) electrons. The molecule has 3 N–H and O–H groups in total. The Labute approximate surface area is 175 Å². The molecule has 1 aliphatic rings. The largest absolute Gasteiger partial charge is 0.490 e. The van der Waals surface area contributed by atoms with Gasteiger partial charge in [0.2, 0.25) is 5.91 Å². The van der Waals surface area contributed by atoms with E-state index in [4.69, 9.17) is 9.47 Å². The lowest BCUT2D eigenvalue weighted by molar-refractivity contribution is -0.121. The highest BCUT2D eigenvalue weighted by Gasteiger charge is 2.14. The van der Waals surface area contributed by atoms with Crippen molar-refractivity contribution in [2.24, 2.45) is 4.99 Å². The Hall–Kier alpha value is -2.74. The number of nitrogens with one attached hydrogen (secondary N) is 3. The summed E-state index contributed by atoms with van der Waals surface area (Å²) in [5.41, 5.74) is 0.516. The minimum absolute atomic E-state index is 0.0294. The molecule has 1 amide bonds. The predicted octanol–water partition coefficient (Wildman–Crippen LogP) is 3.38. The third-order valence-electron chi connectivity index (χ3n) is 3.92. The monoisotopic (exact) mass is 416 g/mol. The maximum atomic E-state index is 12.2. The number of hydrogen-bond acceptors (Lipinski definition) is 5. The lowest BCUT2D eigenvalue weighted by Gasteiger charge is -2.20. The highest BCUT2D eigenvalue weighted by Crippen LogP contribution is 2.32. The van der Waals surface area contributed by atoms with Gasteiger partial charge >= 0.3 is 0 Å².